The Morgan fingerprint density at radius 1 is 1.12 bits per heavy atom. The molecule has 3 heterocycles. The number of hydrogen-bond donors (Lipinski definition) is 0. The van der Waals surface area contributed by atoms with Crippen LogP contribution in [-0.4, -0.2) is 78.1 Å². The van der Waals surface area contributed by atoms with Crippen LogP contribution in [0.2, 0.25) is 0 Å². The topological polar surface area (TPSA) is 117 Å². The van der Waals surface area contributed by atoms with E-state index in [1.165, 1.54) is 0 Å². The summed E-state index contributed by atoms with van der Waals surface area (Å²) in [6.07, 6.45) is 5.51. The van der Waals surface area contributed by atoms with Gasteiger partial charge >= 0.3 is 5.97 Å². The van der Waals surface area contributed by atoms with E-state index >= 15 is 0 Å². The Morgan fingerprint density at radius 2 is 1.91 bits per heavy atom. The minimum Gasteiger partial charge on any atom is -0.497 e. The Hall–Kier alpha value is -3.27. The van der Waals surface area contributed by atoms with Crippen LogP contribution < -0.4 is 9.47 Å². The van der Waals surface area contributed by atoms with Crippen LogP contribution in [-0.2, 0) is 30.3 Å². The highest BCUT2D eigenvalue weighted by Gasteiger charge is 2.58. The van der Waals surface area contributed by atoms with Crippen LogP contribution in [0.25, 0.3) is 11.0 Å². The largest absolute Gasteiger partial charge is 0.497 e. The van der Waals surface area contributed by atoms with Crippen molar-refractivity contribution in [3.05, 3.63) is 23.9 Å². The second kappa shape index (κ2) is 12.4. The van der Waals surface area contributed by atoms with E-state index in [1.54, 1.807) is 19.1 Å². The molecule has 2 fully saturated rings. The smallest absolute Gasteiger partial charge is 0.307 e. The highest BCUT2D eigenvalue weighted by atomic mass is 16.6. The number of amides is 1. The van der Waals surface area contributed by atoms with Crippen molar-refractivity contribution >= 4 is 29.2 Å². The molecule has 1 aromatic heterocycles. The molecule has 5 rings (SSSR count). The van der Waals surface area contributed by atoms with E-state index in [9.17, 15) is 14.4 Å². The Balaban J connectivity index is 1.50. The maximum Gasteiger partial charge on any atom is 0.307 e. The molecule has 1 amide bonds. The number of aromatic nitrogens is 2. The molecular weight excluding hydrogens is 550 g/mol. The van der Waals surface area contributed by atoms with Crippen LogP contribution in [0.15, 0.2) is 18.2 Å². The Kier molecular flexibility index (Phi) is 8.97. The zero-order valence-corrected chi connectivity index (χ0v) is 26.3. The summed E-state index contributed by atoms with van der Waals surface area (Å²) in [5.74, 6) is -0.281. The van der Waals surface area contributed by atoms with Gasteiger partial charge in [-0.15, -0.1) is 0 Å². The molecule has 3 aliphatic rings. The minimum atomic E-state index is -0.690. The number of rotatable bonds is 4. The first kappa shape index (κ1) is 31.2. The van der Waals surface area contributed by atoms with Gasteiger partial charge in [-0.3, -0.25) is 9.59 Å². The third kappa shape index (κ3) is 6.49. The van der Waals surface area contributed by atoms with Gasteiger partial charge in [0.05, 0.1) is 49.7 Å². The summed E-state index contributed by atoms with van der Waals surface area (Å²) in [4.78, 5) is 51.2. The molecule has 10 nitrogen and oxygen atoms in total. The Labute approximate surface area is 253 Å². The number of aldehydes is 1. The van der Waals surface area contributed by atoms with Gasteiger partial charge in [0.2, 0.25) is 11.8 Å². The molecule has 1 saturated carbocycles. The minimum absolute atomic E-state index is 0.0649. The summed E-state index contributed by atoms with van der Waals surface area (Å²) in [5, 5.41) is 0. The number of hydrogen-bond acceptors (Lipinski definition) is 9. The SMILES string of the molecule is COC[C@@]12C[C@H]1CCCCCc1nc3ccc(OC)cc3nc1O[C@H]1CN(C(=O)[C@H](C(C)(C)C)CC(=O)O2)[C@H](C=O)[C@@H]1C. The van der Waals surface area contributed by atoms with E-state index in [2.05, 4.69) is 0 Å². The summed E-state index contributed by atoms with van der Waals surface area (Å²) in [6.45, 7) is 8.28. The number of carbonyl (C=O) groups excluding carboxylic acids is 3. The lowest BCUT2D eigenvalue weighted by molar-refractivity contribution is -0.161. The maximum atomic E-state index is 14.1. The van der Waals surface area contributed by atoms with Crippen LogP contribution in [0, 0.1) is 23.2 Å². The maximum absolute atomic E-state index is 14.1. The van der Waals surface area contributed by atoms with Crippen molar-refractivity contribution in [3.63, 3.8) is 0 Å². The van der Waals surface area contributed by atoms with Gasteiger partial charge in [0.1, 0.15) is 29.4 Å². The van der Waals surface area contributed by atoms with E-state index in [-0.39, 0.29) is 30.7 Å². The van der Waals surface area contributed by atoms with E-state index < -0.39 is 35.0 Å². The fourth-order valence-corrected chi connectivity index (χ4v) is 6.70. The molecule has 1 aromatic carbocycles. The quantitative estimate of drug-likeness (QED) is 0.371. The van der Waals surface area contributed by atoms with E-state index in [0.717, 1.165) is 49.6 Å². The van der Waals surface area contributed by atoms with Crippen LogP contribution in [0.5, 0.6) is 11.6 Å². The van der Waals surface area contributed by atoms with Gasteiger partial charge in [-0.1, -0.05) is 40.5 Å². The van der Waals surface area contributed by atoms with Gasteiger partial charge < -0.3 is 28.6 Å². The average Bonchev–Trinajstić information content (AvgIpc) is 3.53. The Morgan fingerprint density at radius 3 is 2.60 bits per heavy atom. The molecule has 43 heavy (non-hydrogen) atoms. The summed E-state index contributed by atoms with van der Waals surface area (Å²) in [7, 11) is 3.23. The van der Waals surface area contributed by atoms with Gasteiger partial charge in [-0.25, -0.2) is 9.97 Å². The van der Waals surface area contributed by atoms with Crippen LogP contribution in [0.1, 0.15) is 71.9 Å². The molecule has 1 saturated heterocycles. The Bertz CT molecular complexity index is 1360. The lowest BCUT2D eigenvalue weighted by atomic mass is 9.77. The lowest BCUT2D eigenvalue weighted by Crippen LogP contribution is -2.46. The first-order valence-corrected chi connectivity index (χ1v) is 15.5. The third-order valence-corrected chi connectivity index (χ3v) is 9.52. The van der Waals surface area contributed by atoms with Crippen molar-refractivity contribution < 1.29 is 33.3 Å². The van der Waals surface area contributed by atoms with Crippen molar-refractivity contribution in [2.45, 2.75) is 90.4 Å². The summed E-state index contributed by atoms with van der Waals surface area (Å²) < 4.78 is 23.5. The monoisotopic (exact) mass is 595 g/mol. The molecule has 0 unspecified atom stereocenters. The van der Waals surface area contributed by atoms with Crippen molar-refractivity contribution in [1.82, 2.24) is 14.9 Å². The third-order valence-electron chi connectivity index (χ3n) is 9.52. The first-order chi connectivity index (χ1) is 20.5. The number of benzene rings is 1. The van der Waals surface area contributed by atoms with Gasteiger partial charge in [-0.05, 0) is 43.2 Å². The van der Waals surface area contributed by atoms with Crippen LogP contribution in [0.3, 0.4) is 0 Å². The number of esters is 1. The molecule has 2 bridgehead atoms. The van der Waals surface area contributed by atoms with Crippen molar-refractivity contribution in [1.29, 1.82) is 0 Å². The second-order valence-corrected chi connectivity index (χ2v) is 13.6. The van der Waals surface area contributed by atoms with E-state index in [1.807, 2.05) is 45.9 Å². The fraction of sp³-hybridized carbons (Fsp3) is 0.667. The normalized spacial score (nSPS) is 30.4. The molecule has 234 valence electrons. The average molecular weight is 596 g/mol. The number of carbonyl (C=O) groups is 3. The molecule has 1 aliphatic carbocycles. The summed E-state index contributed by atoms with van der Waals surface area (Å²) in [5.41, 5.74) is 0.998. The van der Waals surface area contributed by atoms with Gasteiger partial charge in [-0.2, -0.15) is 0 Å². The zero-order chi connectivity index (χ0) is 30.9. The van der Waals surface area contributed by atoms with Gasteiger partial charge in [0, 0.05) is 25.0 Å². The van der Waals surface area contributed by atoms with Gasteiger partial charge in [0.25, 0.3) is 0 Å². The molecule has 10 heteroatoms. The molecular formula is C33H45N3O7. The van der Waals surface area contributed by atoms with Crippen LogP contribution >= 0.6 is 0 Å². The predicted molar refractivity (Wildman–Crippen MR) is 160 cm³/mol. The summed E-state index contributed by atoms with van der Waals surface area (Å²) in [6, 6.07) is 4.90. The van der Waals surface area contributed by atoms with Crippen LogP contribution in [0.4, 0.5) is 0 Å². The van der Waals surface area contributed by atoms with E-state index in [0.29, 0.717) is 30.2 Å². The fourth-order valence-electron chi connectivity index (χ4n) is 6.70. The summed E-state index contributed by atoms with van der Waals surface area (Å²) >= 11 is 0. The zero-order valence-electron chi connectivity index (χ0n) is 26.3. The number of methoxy groups -OCH3 is 2. The number of nitrogens with zero attached hydrogens (tertiary/aromatic N) is 3. The molecule has 0 N–H and O–H groups in total. The lowest BCUT2D eigenvalue weighted by Gasteiger charge is -2.34. The highest BCUT2D eigenvalue weighted by molar-refractivity contribution is 5.87. The molecule has 6 atom stereocenters. The standard InChI is InChI=1S/C33H45N3O7/c1-20-27(18-37)36-17-28(20)42-30-25(34-24-13-12-22(41-6)14-26(24)35-30)11-9-7-8-10-21-16-33(21,19-40-5)43-29(38)15-23(31(36)39)32(2,3)4/h12-14,18,20-21,23,27-28H,7-11,15-17,19H2,1-6H3/t20-,21+,23+,27+,28-,33-/m0/s1. The van der Waals surface area contributed by atoms with E-state index in [4.69, 9.17) is 28.9 Å². The number of ether oxygens (including phenoxy) is 4. The van der Waals surface area contributed by atoms with Crippen molar-refractivity contribution in [2.75, 3.05) is 27.4 Å². The number of aryl methyl sites for hydroxylation is 1. The molecule has 0 radical (unpaired) electrons. The first-order valence-electron chi connectivity index (χ1n) is 15.5. The van der Waals surface area contributed by atoms with Gasteiger partial charge in [0.15, 0.2) is 0 Å². The predicted octanol–water partition coefficient (Wildman–Crippen LogP) is 4.55. The number of fused-ring (bicyclic) bond motifs is 5. The molecule has 2 aliphatic heterocycles. The molecule has 2 aromatic rings. The van der Waals surface area contributed by atoms with Crippen molar-refractivity contribution in [3.8, 4) is 11.6 Å². The second-order valence-electron chi connectivity index (χ2n) is 13.6. The highest BCUT2D eigenvalue weighted by Crippen LogP contribution is 2.51. The molecule has 0 spiro atoms. The van der Waals surface area contributed by atoms with Crippen molar-refractivity contribution in [2.24, 2.45) is 23.2 Å².